The second kappa shape index (κ2) is 59.9. The molecule has 2 atom stereocenters. The Hall–Kier alpha value is -3.33. The van der Waals surface area contributed by atoms with Crippen molar-refractivity contribution in [3.63, 3.8) is 0 Å². The zero-order valence-electron chi connectivity index (χ0n) is 48.0. The van der Waals surface area contributed by atoms with Crippen molar-refractivity contribution in [3.8, 4) is 0 Å². The average molecular weight is 1070 g/mol. The van der Waals surface area contributed by atoms with Gasteiger partial charge in [0.25, 0.3) is 0 Å². The van der Waals surface area contributed by atoms with Gasteiger partial charge in [0, 0.05) is 19.4 Å². The van der Waals surface area contributed by atoms with Gasteiger partial charge in [-0.3, -0.25) is 18.6 Å². The normalized spacial score (nSPS) is 13.8. The fraction of sp³-hybridized carbons (Fsp3) is 0.692. The first-order valence-electron chi connectivity index (χ1n) is 30.4. The second-order valence-electron chi connectivity index (χ2n) is 19.8. The van der Waals surface area contributed by atoms with E-state index in [1.807, 2.05) is 0 Å². The van der Waals surface area contributed by atoms with Crippen LogP contribution in [0.15, 0.2) is 109 Å². The average Bonchev–Trinajstić information content (AvgIpc) is 3.40. The van der Waals surface area contributed by atoms with Gasteiger partial charge in [-0.05, 0) is 103 Å². The van der Waals surface area contributed by atoms with Gasteiger partial charge in [-0.15, -0.1) is 0 Å². The molecule has 0 saturated carbocycles. The van der Waals surface area contributed by atoms with Gasteiger partial charge >= 0.3 is 19.8 Å². The van der Waals surface area contributed by atoms with Crippen LogP contribution < -0.4 is 5.73 Å². The molecule has 0 aliphatic carbocycles. The number of hydrogen-bond acceptors (Lipinski definition) is 8. The molecule has 0 fully saturated rings. The largest absolute Gasteiger partial charge is 0.472 e. The van der Waals surface area contributed by atoms with Gasteiger partial charge in [0.1, 0.15) is 6.61 Å². The lowest BCUT2D eigenvalue weighted by atomic mass is 10.0. The van der Waals surface area contributed by atoms with Crippen molar-refractivity contribution in [2.24, 2.45) is 5.73 Å². The summed E-state index contributed by atoms with van der Waals surface area (Å²) in [6.07, 6.45) is 81.4. The second-order valence-corrected chi connectivity index (χ2v) is 21.3. The minimum atomic E-state index is -4.40. The Labute approximate surface area is 460 Å². The van der Waals surface area contributed by atoms with Crippen molar-refractivity contribution in [2.45, 2.75) is 264 Å². The SMILES string of the molecule is CC/C=C\C/C=C\C/C=C\C/C=C\C/C=C\C/C=C\C/C=C\CCCCCCCCCC(=O)OC(COC(=O)CCCCCCCCCCCCCCC/C=C\C/C=C\CCCCCCC)COP(=O)(O)OCCN. The Morgan fingerprint density at radius 2 is 0.733 bits per heavy atom. The van der Waals surface area contributed by atoms with E-state index in [0.717, 1.165) is 96.3 Å². The molecule has 0 aromatic heterocycles. The number of unbranched alkanes of at least 4 members (excludes halogenated alkanes) is 25. The summed E-state index contributed by atoms with van der Waals surface area (Å²) in [6.45, 7) is 3.61. The first kappa shape index (κ1) is 71.7. The fourth-order valence-corrected chi connectivity index (χ4v) is 8.94. The molecule has 0 bridgehead atoms. The maximum absolute atomic E-state index is 12.7. The highest BCUT2D eigenvalue weighted by Crippen LogP contribution is 2.43. The summed E-state index contributed by atoms with van der Waals surface area (Å²) in [5, 5.41) is 0. The van der Waals surface area contributed by atoms with E-state index in [4.69, 9.17) is 24.3 Å². The standard InChI is InChI=1S/C65H112NO8P/c1-3-5-7-9-11-13-15-17-19-21-23-25-27-29-30-31-32-34-36-38-40-42-44-46-48-50-52-54-56-58-65(68)74-63(62-73-75(69,70)72-60-59-66)61-71-64(67)57-55-53-51-49-47-45-43-41-39-37-35-33-28-26-24-22-20-18-16-14-12-10-8-6-4-2/h5,7,11,13,16-19,22-25,29-30,32,34,38,40,63H,3-4,6,8-10,12,14-15,20-21,26-28,31,33,35-37,39,41-62,66H2,1-2H3,(H,69,70)/b7-5-,13-11-,18-16-,19-17-,24-22-,25-23-,30-29-,34-32-,40-38-. The molecule has 0 aliphatic heterocycles. The number of nitrogens with two attached hydrogens (primary N) is 1. The molecule has 430 valence electrons. The number of ether oxygens (including phenoxy) is 2. The van der Waals surface area contributed by atoms with Crippen LogP contribution in [0.4, 0.5) is 0 Å². The molecule has 3 N–H and O–H groups in total. The van der Waals surface area contributed by atoms with E-state index in [1.54, 1.807) is 0 Å². The number of phosphoric ester groups is 1. The Morgan fingerprint density at radius 1 is 0.413 bits per heavy atom. The Kier molecular flexibility index (Phi) is 57.2. The molecular formula is C65H112NO8P. The minimum absolute atomic E-state index is 0.0463. The summed E-state index contributed by atoms with van der Waals surface area (Å²) in [5.41, 5.74) is 5.39. The molecule has 0 rings (SSSR count). The summed E-state index contributed by atoms with van der Waals surface area (Å²) in [4.78, 5) is 35.2. The van der Waals surface area contributed by atoms with Crippen molar-refractivity contribution >= 4 is 19.8 Å². The molecular weight excluding hydrogens is 954 g/mol. The van der Waals surface area contributed by atoms with Crippen LogP contribution in [0.1, 0.15) is 258 Å². The lowest BCUT2D eigenvalue weighted by molar-refractivity contribution is -0.161. The molecule has 0 aromatic rings. The number of hydrogen-bond donors (Lipinski definition) is 2. The number of carbonyl (C=O) groups excluding carboxylic acids is 2. The monoisotopic (exact) mass is 1070 g/mol. The van der Waals surface area contributed by atoms with E-state index in [1.165, 1.54) is 128 Å². The van der Waals surface area contributed by atoms with Crippen LogP contribution in [0.3, 0.4) is 0 Å². The third kappa shape index (κ3) is 59.8. The highest BCUT2D eigenvalue weighted by atomic mass is 31.2. The van der Waals surface area contributed by atoms with Gasteiger partial charge in [-0.2, -0.15) is 0 Å². The van der Waals surface area contributed by atoms with E-state index >= 15 is 0 Å². The highest BCUT2D eigenvalue weighted by Gasteiger charge is 2.26. The van der Waals surface area contributed by atoms with Crippen molar-refractivity contribution in [3.05, 3.63) is 109 Å². The molecule has 0 amide bonds. The number of rotatable bonds is 56. The predicted octanol–water partition coefficient (Wildman–Crippen LogP) is 19.4. The lowest BCUT2D eigenvalue weighted by Gasteiger charge is -2.19. The van der Waals surface area contributed by atoms with E-state index < -0.39 is 26.5 Å². The highest BCUT2D eigenvalue weighted by molar-refractivity contribution is 7.47. The molecule has 0 heterocycles. The van der Waals surface area contributed by atoms with E-state index in [-0.39, 0.29) is 38.6 Å². The number of allylic oxidation sites excluding steroid dienone is 18. The zero-order chi connectivity index (χ0) is 54.5. The van der Waals surface area contributed by atoms with E-state index in [9.17, 15) is 19.0 Å². The van der Waals surface area contributed by atoms with Gasteiger partial charge in [0.05, 0.1) is 13.2 Å². The molecule has 0 spiro atoms. The summed E-state index contributed by atoms with van der Waals surface area (Å²) in [6, 6.07) is 0. The van der Waals surface area contributed by atoms with Crippen molar-refractivity contribution < 1.29 is 37.6 Å². The van der Waals surface area contributed by atoms with Gasteiger partial charge in [0.2, 0.25) is 0 Å². The van der Waals surface area contributed by atoms with Crippen LogP contribution in [0.2, 0.25) is 0 Å². The lowest BCUT2D eigenvalue weighted by Crippen LogP contribution is -2.29. The zero-order valence-corrected chi connectivity index (χ0v) is 48.9. The van der Waals surface area contributed by atoms with Crippen molar-refractivity contribution in [1.82, 2.24) is 0 Å². The predicted molar refractivity (Wildman–Crippen MR) is 321 cm³/mol. The van der Waals surface area contributed by atoms with E-state index in [2.05, 4.69) is 123 Å². The van der Waals surface area contributed by atoms with Crippen LogP contribution in [0, 0.1) is 0 Å². The third-order valence-corrected chi connectivity index (χ3v) is 13.6. The summed E-state index contributed by atoms with van der Waals surface area (Å²) >= 11 is 0. The number of phosphoric acid groups is 1. The van der Waals surface area contributed by atoms with Crippen molar-refractivity contribution in [2.75, 3.05) is 26.4 Å². The molecule has 0 saturated heterocycles. The first-order chi connectivity index (χ1) is 36.8. The Bertz CT molecular complexity index is 1590. The molecule has 0 aromatic carbocycles. The van der Waals surface area contributed by atoms with Crippen LogP contribution in [0.5, 0.6) is 0 Å². The van der Waals surface area contributed by atoms with Gasteiger partial charge in [0.15, 0.2) is 6.10 Å². The van der Waals surface area contributed by atoms with Crippen molar-refractivity contribution in [1.29, 1.82) is 0 Å². The van der Waals surface area contributed by atoms with Crippen LogP contribution in [-0.2, 0) is 32.7 Å². The topological polar surface area (TPSA) is 134 Å². The molecule has 10 heteroatoms. The van der Waals surface area contributed by atoms with Gasteiger partial charge in [-0.1, -0.05) is 252 Å². The maximum atomic E-state index is 12.7. The van der Waals surface area contributed by atoms with Crippen LogP contribution in [0.25, 0.3) is 0 Å². The third-order valence-electron chi connectivity index (χ3n) is 12.6. The maximum Gasteiger partial charge on any atom is 0.472 e. The molecule has 9 nitrogen and oxygen atoms in total. The summed E-state index contributed by atoms with van der Waals surface area (Å²) in [7, 11) is -4.40. The molecule has 75 heavy (non-hydrogen) atoms. The quantitative estimate of drug-likeness (QED) is 0.0264. The first-order valence-corrected chi connectivity index (χ1v) is 31.9. The fourth-order valence-electron chi connectivity index (χ4n) is 8.18. The summed E-state index contributed by atoms with van der Waals surface area (Å²) < 4.78 is 33.1. The molecule has 0 radical (unpaired) electrons. The van der Waals surface area contributed by atoms with Gasteiger partial charge < -0.3 is 20.1 Å². The number of carbonyl (C=O) groups is 2. The minimum Gasteiger partial charge on any atom is -0.462 e. The van der Waals surface area contributed by atoms with E-state index in [0.29, 0.717) is 6.42 Å². The van der Waals surface area contributed by atoms with Gasteiger partial charge in [-0.25, -0.2) is 4.57 Å². The Balaban J connectivity index is 4.02. The Morgan fingerprint density at radius 3 is 1.09 bits per heavy atom. The molecule has 0 aliphatic rings. The smallest absolute Gasteiger partial charge is 0.462 e. The summed E-state index contributed by atoms with van der Waals surface area (Å²) in [5.74, 6) is -0.843. The van der Waals surface area contributed by atoms with Crippen LogP contribution in [-0.4, -0.2) is 49.3 Å². The van der Waals surface area contributed by atoms with Crippen LogP contribution >= 0.6 is 7.82 Å². The molecule has 2 unspecified atom stereocenters. The number of esters is 2.